The number of halogens is 11. The molecule has 0 amide bonds. The van der Waals surface area contributed by atoms with Crippen LogP contribution in [0.1, 0.15) is 0 Å². The molecule has 0 aromatic heterocycles. The minimum absolute atomic E-state index is 0. The molecule has 0 saturated carbocycles. The van der Waals surface area contributed by atoms with Crippen molar-refractivity contribution in [2.45, 2.75) is 24.1 Å². The van der Waals surface area contributed by atoms with Gasteiger partial charge in [0.15, 0.2) is 0 Å². The number of hydrogen-bond donors (Lipinski definition) is 2. The third kappa shape index (κ3) is 6.90. The fraction of sp³-hybridized carbons (Fsp3) is 0.833. The normalized spacial score (nSPS) is 13.5. The van der Waals surface area contributed by atoms with Gasteiger partial charge in [-0.2, -0.15) is 30.7 Å². The summed E-state index contributed by atoms with van der Waals surface area (Å²) in [6.07, 6.45) is -15.3. The van der Waals surface area contributed by atoms with Gasteiger partial charge in [-0.1, -0.05) is 0 Å². The van der Waals surface area contributed by atoms with Crippen molar-refractivity contribution in [3.05, 3.63) is 6.43 Å². The Balaban J connectivity index is -0.000000277. The summed E-state index contributed by atoms with van der Waals surface area (Å²) < 4.78 is 121. The topological polar surface area (TPSA) is 40.5 Å². The molecule has 0 unspecified atom stereocenters. The predicted molar refractivity (Wildman–Crippen MR) is 35.7 cm³/mol. The average molecular weight is 372 g/mol. The summed E-state index contributed by atoms with van der Waals surface area (Å²) >= 11 is 0. The van der Waals surface area contributed by atoms with E-state index < -0.39 is 37.2 Å². The van der Waals surface area contributed by atoms with Crippen molar-refractivity contribution in [3.8, 4) is 0 Å². The largest absolute Gasteiger partial charge is 0.427 e. The molecule has 2 nitrogen and oxygen atoms in total. The second-order valence-corrected chi connectivity index (χ2v) is 2.74. The fourth-order valence-corrected chi connectivity index (χ4v) is 0.202. The Kier molecular flexibility index (Phi) is 9.39. The molecule has 0 atom stereocenters. The molecule has 0 aliphatic heterocycles. The Morgan fingerprint density at radius 2 is 1.10 bits per heavy atom. The first kappa shape index (κ1) is 24.7. The molecule has 0 saturated heterocycles. The minimum Gasteiger partial charge on any atom is -0.415 e. The molecule has 14 heteroatoms. The summed E-state index contributed by atoms with van der Waals surface area (Å²) in [5, 5.41) is 14.8. The molecule has 0 fully saturated rings. The Morgan fingerprint density at radius 1 is 0.800 bits per heavy atom. The number of rotatable bonds is 3. The second kappa shape index (κ2) is 7.61. The van der Waals surface area contributed by atoms with Crippen LogP contribution in [0.4, 0.5) is 48.3 Å². The summed E-state index contributed by atoms with van der Waals surface area (Å²) in [7, 11) is 0. The van der Waals surface area contributed by atoms with Crippen LogP contribution >= 0.6 is 0 Å². The van der Waals surface area contributed by atoms with Crippen molar-refractivity contribution >= 4 is 0 Å². The Morgan fingerprint density at radius 3 is 1.10 bits per heavy atom. The predicted octanol–water partition coefficient (Wildman–Crippen LogP) is 2.81. The summed E-state index contributed by atoms with van der Waals surface area (Å²) in [6.45, 7) is -2.07. The summed E-state index contributed by atoms with van der Waals surface area (Å²) in [5.74, 6) is -10.7. The number of alkyl halides is 9. The van der Waals surface area contributed by atoms with Gasteiger partial charge in [-0.25, -0.2) is 8.78 Å². The van der Waals surface area contributed by atoms with Crippen LogP contribution in [-0.2, 0) is 17.1 Å². The number of aliphatic hydroxyl groups is 2. The zero-order valence-electron chi connectivity index (χ0n) is 8.64. The quantitative estimate of drug-likeness (QED) is 0.455. The minimum atomic E-state index is -6.20. The Bertz CT molecular complexity index is 271. The molecular formula is C6H4F11MnO2-. The van der Waals surface area contributed by atoms with Crippen LogP contribution in [0.2, 0.25) is 0 Å². The van der Waals surface area contributed by atoms with Crippen LogP contribution in [0.5, 0.6) is 0 Å². The number of hydrogen-bond acceptors (Lipinski definition) is 2. The molecule has 2 N–H and O–H groups in total. The van der Waals surface area contributed by atoms with Gasteiger partial charge >= 0.3 is 18.2 Å². The van der Waals surface area contributed by atoms with E-state index in [1.807, 2.05) is 0 Å². The van der Waals surface area contributed by atoms with E-state index in [0.29, 0.717) is 0 Å². The molecule has 0 aliphatic carbocycles. The van der Waals surface area contributed by atoms with Crippen molar-refractivity contribution in [2.24, 2.45) is 0 Å². The van der Waals surface area contributed by atoms with Crippen molar-refractivity contribution < 1.29 is 75.6 Å². The van der Waals surface area contributed by atoms with Gasteiger partial charge in [0.25, 0.3) is 5.92 Å². The summed E-state index contributed by atoms with van der Waals surface area (Å²) in [6, 6.07) is 0. The zero-order chi connectivity index (χ0) is 16.3. The van der Waals surface area contributed by atoms with Gasteiger partial charge in [-0.3, -0.25) is 0 Å². The Hall–Kier alpha value is -0.331. The van der Waals surface area contributed by atoms with Crippen LogP contribution in [0.25, 0.3) is 0 Å². The van der Waals surface area contributed by atoms with Gasteiger partial charge in [0, 0.05) is 17.1 Å². The van der Waals surface area contributed by atoms with Gasteiger partial charge < -0.3 is 19.0 Å². The van der Waals surface area contributed by atoms with Gasteiger partial charge in [-0.05, 0) is 0 Å². The summed E-state index contributed by atoms with van der Waals surface area (Å²) in [5.41, 5.74) is 0. The van der Waals surface area contributed by atoms with Gasteiger partial charge in [-0.15, -0.1) is 0 Å². The van der Waals surface area contributed by atoms with Crippen LogP contribution in [0.15, 0.2) is 0 Å². The molecule has 0 spiro atoms. The van der Waals surface area contributed by atoms with Gasteiger partial charge in [0.2, 0.25) is 0 Å². The van der Waals surface area contributed by atoms with E-state index in [4.69, 9.17) is 10.2 Å². The molecule has 0 aromatic carbocycles. The average Bonchev–Trinajstić information content (AvgIpc) is 2.14. The first-order valence-corrected chi connectivity index (χ1v) is 3.72. The fourth-order valence-electron chi connectivity index (χ4n) is 0.202. The van der Waals surface area contributed by atoms with E-state index in [1.165, 1.54) is 0 Å². The van der Waals surface area contributed by atoms with E-state index in [9.17, 15) is 48.3 Å². The molecule has 0 rings (SSSR count). The molecule has 1 radical (unpaired) electrons. The monoisotopic (exact) mass is 372 g/mol. The van der Waals surface area contributed by atoms with E-state index >= 15 is 0 Å². The maximum atomic E-state index is 11.4. The van der Waals surface area contributed by atoms with Crippen LogP contribution in [0.3, 0.4) is 0 Å². The molecule has 20 heavy (non-hydrogen) atoms. The van der Waals surface area contributed by atoms with Crippen molar-refractivity contribution in [2.75, 3.05) is 6.61 Å². The zero-order valence-corrected chi connectivity index (χ0v) is 9.82. The molecule has 125 valence electrons. The van der Waals surface area contributed by atoms with Crippen LogP contribution in [-0.4, -0.2) is 40.9 Å². The van der Waals surface area contributed by atoms with E-state index in [-0.39, 0.29) is 17.1 Å². The molecule has 0 bridgehead atoms. The maximum Gasteiger partial charge on any atom is 0.427 e. The number of aliphatic hydroxyl groups excluding tert-OH is 1. The third-order valence-electron chi connectivity index (χ3n) is 1.23. The van der Waals surface area contributed by atoms with Crippen molar-refractivity contribution in [3.63, 3.8) is 0 Å². The van der Waals surface area contributed by atoms with Crippen molar-refractivity contribution in [1.29, 1.82) is 0 Å². The van der Waals surface area contributed by atoms with E-state index in [1.54, 1.807) is 0 Å². The first-order chi connectivity index (χ1) is 8.00. The Labute approximate surface area is 114 Å². The van der Waals surface area contributed by atoms with Crippen molar-refractivity contribution in [1.82, 2.24) is 0 Å². The van der Waals surface area contributed by atoms with Crippen LogP contribution in [0, 0.1) is 6.43 Å². The smallest absolute Gasteiger partial charge is 0.415 e. The summed E-state index contributed by atoms with van der Waals surface area (Å²) in [4.78, 5) is 0. The first-order valence-electron chi connectivity index (χ1n) is 3.72. The SMILES string of the molecule is F[C-](F)C(F)(F)C(F)(F)F.OCC(F)(F)C(O)(F)F.[Mn]. The maximum absolute atomic E-state index is 11.4. The molecular weight excluding hydrogens is 368 g/mol. The third-order valence-corrected chi connectivity index (χ3v) is 1.23. The van der Waals surface area contributed by atoms with Gasteiger partial charge in [0.1, 0.15) is 6.61 Å². The van der Waals surface area contributed by atoms with Crippen LogP contribution < -0.4 is 0 Å². The standard InChI is InChI=1S/C3F7.C3H4F4O2.Mn/c4-1(5)2(6,7)3(8,9)10;4-2(5,1-8)3(6,7)9;/h;8-9H,1H2;/q-1;;. The molecule has 0 aliphatic rings. The molecule has 0 aromatic rings. The van der Waals surface area contributed by atoms with E-state index in [0.717, 1.165) is 0 Å². The van der Waals surface area contributed by atoms with Gasteiger partial charge in [0.05, 0.1) is 6.43 Å². The van der Waals surface area contributed by atoms with E-state index in [2.05, 4.69) is 0 Å². The molecule has 0 heterocycles. The second-order valence-electron chi connectivity index (χ2n) is 2.74.